The molecule has 3 heterocycles. The van der Waals surface area contributed by atoms with Gasteiger partial charge < -0.3 is 0 Å². The molecule has 17 heavy (non-hydrogen) atoms. The summed E-state index contributed by atoms with van der Waals surface area (Å²) in [6.07, 6.45) is 13.0. The first-order valence-corrected chi connectivity index (χ1v) is 6.67. The first-order chi connectivity index (χ1) is 8.34. The SMILES string of the molecule is CN1C2C=C(c3cccnc3)CC1CCCC2. The molecule has 2 bridgehead atoms. The Hall–Kier alpha value is -1.15. The smallest absolute Gasteiger partial charge is 0.0342 e. The monoisotopic (exact) mass is 228 g/mol. The molecule has 0 amide bonds. The van der Waals surface area contributed by atoms with Gasteiger partial charge in [0.05, 0.1) is 0 Å². The fourth-order valence-corrected chi connectivity index (χ4v) is 3.18. The Balaban J connectivity index is 1.92. The van der Waals surface area contributed by atoms with Crippen LogP contribution in [0.1, 0.15) is 37.7 Å². The molecular formula is C15H20N2. The van der Waals surface area contributed by atoms with Gasteiger partial charge in [0.2, 0.25) is 0 Å². The molecule has 2 atom stereocenters. The van der Waals surface area contributed by atoms with Crippen LogP contribution in [0.15, 0.2) is 30.6 Å². The first-order valence-electron chi connectivity index (χ1n) is 6.67. The Morgan fingerprint density at radius 2 is 2.18 bits per heavy atom. The van der Waals surface area contributed by atoms with E-state index in [1.165, 1.54) is 43.2 Å². The Bertz CT molecular complexity index is 410. The van der Waals surface area contributed by atoms with Crippen molar-refractivity contribution < 1.29 is 0 Å². The minimum atomic E-state index is 0.645. The Kier molecular flexibility index (Phi) is 2.98. The summed E-state index contributed by atoms with van der Waals surface area (Å²) in [4.78, 5) is 6.82. The summed E-state index contributed by atoms with van der Waals surface area (Å²) in [5.41, 5.74) is 2.82. The zero-order valence-electron chi connectivity index (χ0n) is 10.5. The molecule has 1 saturated heterocycles. The molecule has 0 radical (unpaired) electrons. The molecule has 2 aliphatic rings. The van der Waals surface area contributed by atoms with E-state index in [1.807, 2.05) is 18.5 Å². The number of rotatable bonds is 1. The summed E-state index contributed by atoms with van der Waals surface area (Å²) in [5, 5.41) is 0. The predicted octanol–water partition coefficient (Wildman–Crippen LogP) is 3.11. The average molecular weight is 228 g/mol. The lowest BCUT2D eigenvalue weighted by Crippen LogP contribution is -2.40. The van der Waals surface area contributed by atoms with Crippen LogP contribution in [-0.2, 0) is 0 Å². The Morgan fingerprint density at radius 1 is 1.29 bits per heavy atom. The third-order valence-corrected chi connectivity index (χ3v) is 4.27. The van der Waals surface area contributed by atoms with Gasteiger partial charge >= 0.3 is 0 Å². The van der Waals surface area contributed by atoms with Crippen molar-refractivity contribution in [2.24, 2.45) is 0 Å². The molecule has 0 aliphatic carbocycles. The molecule has 2 unspecified atom stereocenters. The fourth-order valence-electron chi connectivity index (χ4n) is 3.18. The van der Waals surface area contributed by atoms with Gasteiger partial charge in [0.15, 0.2) is 0 Å². The van der Waals surface area contributed by atoms with Crippen LogP contribution in [-0.4, -0.2) is 29.0 Å². The maximum absolute atomic E-state index is 4.24. The topological polar surface area (TPSA) is 16.1 Å². The van der Waals surface area contributed by atoms with Gasteiger partial charge in [-0.2, -0.15) is 0 Å². The number of fused-ring (bicyclic) bond motifs is 2. The van der Waals surface area contributed by atoms with Crippen LogP contribution in [0.3, 0.4) is 0 Å². The minimum absolute atomic E-state index is 0.645. The standard InChI is InChI=1S/C15H20N2/c1-17-14-6-2-3-7-15(17)10-13(9-14)12-5-4-8-16-11-12/h4-5,8-9,11,14-15H,2-3,6-7,10H2,1H3. The van der Waals surface area contributed by atoms with Gasteiger partial charge in [-0.1, -0.05) is 25.0 Å². The third-order valence-electron chi connectivity index (χ3n) is 4.27. The number of aromatic nitrogens is 1. The van der Waals surface area contributed by atoms with Crippen molar-refractivity contribution in [1.82, 2.24) is 9.88 Å². The largest absolute Gasteiger partial charge is 0.297 e. The number of likely N-dealkylation sites (N-methyl/N-ethyl adjacent to an activating group) is 1. The molecule has 2 nitrogen and oxygen atoms in total. The lowest BCUT2D eigenvalue weighted by Gasteiger charge is -2.36. The molecule has 1 aromatic rings. The highest BCUT2D eigenvalue weighted by molar-refractivity contribution is 5.66. The van der Waals surface area contributed by atoms with E-state index in [2.05, 4.69) is 29.1 Å². The molecule has 0 aromatic carbocycles. The molecule has 0 spiro atoms. The van der Waals surface area contributed by atoms with Gasteiger partial charge in [-0.15, -0.1) is 0 Å². The minimum Gasteiger partial charge on any atom is -0.297 e. The van der Waals surface area contributed by atoms with E-state index in [9.17, 15) is 0 Å². The van der Waals surface area contributed by atoms with Crippen LogP contribution in [0.25, 0.3) is 5.57 Å². The van der Waals surface area contributed by atoms with Crippen molar-refractivity contribution in [3.8, 4) is 0 Å². The number of hydrogen-bond donors (Lipinski definition) is 0. The second kappa shape index (κ2) is 4.61. The average Bonchev–Trinajstić information content (AvgIpc) is 2.50. The van der Waals surface area contributed by atoms with Gasteiger partial charge in [-0.3, -0.25) is 9.88 Å². The third kappa shape index (κ3) is 2.14. The van der Waals surface area contributed by atoms with Gasteiger partial charge in [0.1, 0.15) is 0 Å². The molecule has 90 valence electrons. The molecule has 2 aliphatic heterocycles. The highest BCUT2D eigenvalue weighted by Crippen LogP contribution is 2.34. The molecule has 1 aromatic heterocycles. The summed E-state index contributed by atoms with van der Waals surface area (Å²) in [5.74, 6) is 0. The van der Waals surface area contributed by atoms with Crippen molar-refractivity contribution in [3.63, 3.8) is 0 Å². The summed E-state index contributed by atoms with van der Waals surface area (Å²) >= 11 is 0. The summed E-state index contributed by atoms with van der Waals surface area (Å²) in [6.45, 7) is 0. The van der Waals surface area contributed by atoms with Crippen LogP contribution < -0.4 is 0 Å². The Labute approximate surface area is 103 Å². The maximum atomic E-state index is 4.24. The van der Waals surface area contributed by atoms with Gasteiger partial charge in [0.25, 0.3) is 0 Å². The van der Waals surface area contributed by atoms with Crippen LogP contribution in [0, 0.1) is 0 Å². The van der Waals surface area contributed by atoms with E-state index in [4.69, 9.17) is 0 Å². The molecule has 1 fully saturated rings. The molecule has 0 saturated carbocycles. The van der Waals surface area contributed by atoms with Gasteiger partial charge in [-0.25, -0.2) is 0 Å². The second-order valence-electron chi connectivity index (χ2n) is 5.31. The van der Waals surface area contributed by atoms with E-state index in [-0.39, 0.29) is 0 Å². The Morgan fingerprint density at radius 3 is 3.00 bits per heavy atom. The molecule has 0 N–H and O–H groups in total. The predicted molar refractivity (Wildman–Crippen MR) is 70.6 cm³/mol. The molecule has 3 rings (SSSR count). The van der Waals surface area contributed by atoms with Crippen LogP contribution in [0.2, 0.25) is 0 Å². The van der Waals surface area contributed by atoms with E-state index in [0.29, 0.717) is 6.04 Å². The number of hydrogen-bond acceptors (Lipinski definition) is 2. The normalized spacial score (nSPS) is 29.6. The fraction of sp³-hybridized carbons (Fsp3) is 0.533. The van der Waals surface area contributed by atoms with E-state index in [1.54, 1.807) is 0 Å². The molecule has 2 heteroatoms. The van der Waals surface area contributed by atoms with E-state index in [0.717, 1.165) is 6.04 Å². The first kappa shape index (κ1) is 11.0. The van der Waals surface area contributed by atoms with Crippen molar-refractivity contribution >= 4 is 5.57 Å². The van der Waals surface area contributed by atoms with Crippen LogP contribution >= 0.6 is 0 Å². The summed E-state index contributed by atoms with van der Waals surface area (Å²) in [6, 6.07) is 5.61. The summed E-state index contributed by atoms with van der Waals surface area (Å²) < 4.78 is 0. The zero-order valence-corrected chi connectivity index (χ0v) is 10.5. The van der Waals surface area contributed by atoms with Crippen molar-refractivity contribution in [3.05, 3.63) is 36.2 Å². The van der Waals surface area contributed by atoms with E-state index >= 15 is 0 Å². The van der Waals surface area contributed by atoms with Crippen molar-refractivity contribution in [2.45, 2.75) is 44.2 Å². The number of pyridine rings is 1. The highest BCUT2D eigenvalue weighted by Gasteiger charge is 2.29. The van der Waals surface area contributed by atoms with Crippen LogP contribution in [0.5, 0.6) is 0 Å². The lowest BCUT2D eigenvalue weighted by molar-refractivity contribution is 0.197. The second-order valence-corrected chi connectivity index (χ2v) is 5.31. The van der Waals surface area contributed by atoms with Gasteiger partial charge in [-0.05, 0) is 43.5 Å². The molecular weight excluding hydrogens is 208 g/mol. The summed E-state index contributed by atoms with van der Waals surface area (Å²) in [7, 11) is 2.29. The van der Waals surface area contributed by atoms with Gasteiger partial charge in [0, 0.05) is 24.5 Å². The van der Waals surface area contributed by atoms with Crippen LogP contribution in [0.4, 0.5) is 0 Å². The quantitative estimate of drug-likeness (QED) is 0.734. The maximum Gasteiger partial charge on any atom is 0.0342 e. The lowest BCUT2D eigenvalue weighted by atomic mass is 9.91. The van der Waals surface area contributed by atoms with Crippen molar-refractivity contribution in [1.29, 1.82) is 0 Å². The van der Waals surface area contributed by atoms with Crippen molar-refractivity contribution in [2.75, 3.05) is 7.05 Å². The number of nitrogens with zero attached hydrogens (tertiary/aromatic N) is 2. The van der Waals surface area contributed by atoms with E-state index < -0.39 is 0 Å². The zero-order chi connectivity index (χ0) is 11.7. The highest BCUT2D eigenvalue weighted by atomic mass is 15.2.